The molecular formula is C6H12BN2O2. The molecule has 0 aromatic carbocycles. The molecule has 0 aliphatic rings. The topological polar surface area (TPSA) is 58.2 Å². The van der Waals surface area contributed by atoms with Crippen molar-refractivity contribution in [3.63, 3.8) is 0 Å². The third-order valence-corrected chi connectivity index (χ3v) is 1.11. The van der Waals surface area contributed by atoms with Crippen molar-refractivity contribution >= 4 is 19.4 Å². The highest BCUT2D eigenvalue weighted by Gasteiger charge is 2.00. The van der Waals surface area contributed by atoms with E-state index in [1.54, 1.807) is 13.8 Å². The zero-order valence-electron chi connectivity index (χ0n) is 6.81. The maximum Gasteiger partial charge on any atom is 0.390 e. The molecule has 0 fully saturated rings. The summed E-state index contributed by atoms with van der Waals surface area (Å²) in [6.45, 7) is 3.48. The minimum absolute atomic E-state index is 0.110. The molecule has 5 heteroatoms. The van der Waals surface area contributed by atoms with Gasteiger partial charge >= 0.3 is 7.55 Å². The molecule has 0 aliphatic heterocycles. The maximum absolute atomic E-state index is 10.6. The fourth-order valence-electron chi connectivity index (χ4n) is 0.401. The number of nitrogens with one attached hydrogen (secondary N) is 2. The Bertz CT molecular complexity index is 134. The summed E-state index contributed by atoms with van der Waals surface area (Å²) < 4.78 is 0. The zero-order chi connectivity index (χ0) is 8.69. The summed E-state index contributed by atoms with van der Waals surface area (Å²) >= 11 is 0. The minimum atomic E-state index is -0.110. The van der Waals surface area contributed by atoms with Crippen molar-refractivity contribution in [3.05, 3.63) is 0 Å². The van der Waals surface area contributed by atoms with Gasteiger partial charge in [-0.25, -0.2) is 0 Å². The Balaban J connectivity index is 3.27. The fourth-order valence-corrected chi connectivity index (χ4v) is 0.401. The summed E-state index contributed by atoms with van der Waals surface area (Å²) in [5.41, 5.74) is 0. The van der Waals surface area contributed by atoms with E-state index < -0.39 is 0 Å². The van der Waals surface area contributed by atoms with Gasteiger partial charge in [-0.15, -0.1) is 0 Å². The van der Waals surface area contributed by atoms with Gasteiger partial charge in [0.15, 0.2) is 0 Å². The van der Waals surface area contributed by atoms with Crippen molar-refractivity contribution in [2.24, 2.45) is 0 Å². The molecule has 1 radical (unpaired) electrons. The summed E-state index contributed by atoms with van der Waals surface area (Å²) in [4.78, 5) is 21.2. The van der Waals surface area contributed by atoms with Crippen molar-refractivity contribution < 1.29 is 9.59 Å². The monoisotopic (exact) mass is 155 g/mol. The second kappa shape index (κ2) is 5.76. The van der Waals surface area contributed by atoms with Gasteiger partial charge in [0.05, 0.1) is 0 Å². The molecule has 61 valence electrons. The number of carbonyl (C=O) groups excluding carboxylic acids is 2. The van der Waals surface area contributed by atoms with E-state index in [4.69, 9.17) is 0 Å². The van der Waals surface area contributed by atoms with E-state index in [-0.39, 0.29) is 11.8 Å². The van der Waals surface area contributed by atoms with Gasteiger partial charge in [0.2, 0.25) is 11.8 Å². The van der Waals surface area contributed by atoms with Gasteiger partial charge < -0.3 is 10.5 Å². The second-order valence-corrected chi connectivity index (χ2v) is 1.99. The Morgan fingerprint density at radius 3 is 1.73 bits per heavy atom. The molecule has 0 aromatic rings. The molecule has 0 aliphatic carbocycles. The van der Waals surface area contributed by atoms with E-state index in [1.165, 1.54) is 7.55 Å². The van der Waals surface area contributed by atoms with Crippen LogP contribution < -0.4 is 10.5 Å². The van der Waals surface area contributed by atoms with Gasteiger partial charge in [0, 0.05) is 12.8 Å². The van der Waals surface area contributed by atoms with E-state index in [2.05, 4.69) is 10.5 Å². The first kappa shape index (κ1) is 10.0. The first-order valence-electron chi connectivity index (χ1n) is 3.61. The summed E-state index contributed by atoms with van der Waals surface area (Å²) in [5, 5.41) is 4.80. The summed E-state index contributed by atoms with van der Waals surface area (Å²) in [6.07, 6.45) is 0.830. The molecule has 0 spiro atoms. The Morgan fingerprint density at radius 2 is 1.45 bits per heavy atom. The Labute approximate surface area is 67.0 Å². The van der Waals surface area contributed by atoms with Crippen LogP contribution in [0, 0.1) is 0 Å². The fraction of sp³-hybridized carbons (Fsp3) is 0.667. The van der Waals surface area contributed by atoms with Crippen molar-refractivity contribution in [1.29, 1.82) is 0 Å². The molecular weight excluding hydrogens is 143 g/mol. The molecule has 0 saturated heterocycles. The molecule has 0 rings (SSSR count). The highest BCUT2D eigenvalue weighted by atomic mass is 16.2. The number of carbonyl (C=O) groups is 2. The maximum atomic E-state index is 10.6. The molecule has 11 heavy (non-hydrogen) atoms. The lowest BCUT2D eigenvalue weighted by molar-refractivity contribution is -0.119. The number of hydrogen-bond donors (Lipinski definition) is 2. The molecule has 0 aromatic heterocycles. The van der Waals surface area contributed by atoms with E-state index in [0.717, 1.165) is 0 Å². The van der Waals surface area contributed by atoms with Crippen LogP contribution in [-0.4, -0.2) is 19.4 Å². The summed E-state index contributed by atoms with van der Waals surface area (Å²) in [6, 6.07) is 0. The second-order valence-electron chi connectivity index (χ2n) is 1.99. The largest absolute Gasteiger partial charge is 0.390 e. The van der Waals surface area contributed by atoms with Gasteiger partial charge in [-0.3, -0.25) is 9.59 Å². The average Bonchev–Trinajstić information content (AvgIpc) is 2.04. The number of amides is 2. The SMILES string of the molecule is CCC(=O)N[B]NC(=O)CC. The van der Waals surface area contributed by atoms with Crippen LogP contribution >= 0.6 is 0 Å². The predicted molar refractivity (Wildman–Crippen MR) is 42.6 cm³/mol. The van der Waals surface area contributed by atoms with Crippen LogP contribution in [0.15, 0.2) is 0 Å². The standard InChI is InChI=1S/C6H12BN2O2/c1-3-5(10)8-7-9-6(11)4-2/h3-4H2,1-2H3,(H,8,10)(H,9,11). The normalized spacial score (nSPS) is 8.55. The lowest BCUT2D eigenvalue weighted by atomic mass is 10.1. The third-order valence-electron chi connectivity index (χ3n) is 1.11. The smallest absolute Gasteiger partial charge is 0.383 e. The summed E-state index contributed by atoms with van der Waals surface area (Å²) in [7, 11) is 1.26. The van der Waals surface area contributed by atoms with E-state index >= 15 is 0 Å². The lowest BCUT2D eigenvalue weighted by Crippen LogP contribution is -2.40. The van der Waals surface area contributed by atoms with E-state index in [9.17, 15) is 9.59 Å². The minimum Gasteiger partial charge on any atom is -0.383 e. The van der Waals surface area contributed by atoms with Crippen molar-refractivity contribution in [1.82, 2.24) is 10.5 Å². The van der Waals surface area contributed by atoms with E-state index in [1.807, 2.05) is 0 Å². The Kier molecular flexibility index (Phi) is 5.24. The Morgan fingerprint density at radius 1 is 1.09 bits per heavy atom. The number of hydrogen-bond acceptors (Lipinski definition) is 2. The van der Waals surface area contributed by atoms with Crippen LogP contribution in [0.25, 0.3) is 0 Å². The molecule has 4 nitrogen and oxygen atoms in total. The molecule has 0 saturated carbocycles. The van der Waals surface area contributed by atoms with Gasteiger partial charge in [0.1, 0.15) is 0 Å². The highest BCUT2D eigenvalue weighted by Crippen LogP contribution is 1.73. The van der Waals surface area contributed by atoms with Crippen LogP contribution in [-0.2, 0) is 9.59 Å². The average molecular weight is 155 g/mol. The Hall–Kier alpha value is -0.995. The van der Waals surface area contributed by atoms with E-state index in [0.29, 0.717) is 12.8 Å². The molecule has 2 amide bonds. The van der Waals surface area contributed by atoms with Gasteiger partial charge in [-0.05, 0) is 0 Å². The first-order valence-corrected chi connectivity index (χ1v) is 3.61. The van der Waals surface area contributed by atoms with Crippen molar-refractivity contribution in [3.8, 4) is 0 Å². The number of rotatable bonds is 4. The first-order chi connectivity index (χ1) is 5.20. The zero-order valence-corrected chi connectivity index (χ0v) is 6.81. The summed E-state index contributed by atoms with van der Waals surface area (Å²) in [5.74, 6) is -0.220. The molecule has 0 unspecified atom stereocenters. The molecule has 0 bridgehead atoms. The van der Waals surface area contributed by atoms with Gasteiger partial charge in [0.25, 0.3) is 0 Å². The van der Waals surface area contributed by atoms with Gasteiger partial charge in [-0.2, -0.15) is 0 Å². The van der Waals surface area contributed by atoms with Crippen LogP contribution in [0.1, 0.15) is 26.7 Å². The van der Waals surface area contributed by atoms with Crippen molar-refractivity contribution in [2.45, 2.75) is 26.7 Å². The van der Waals surface area contributed by atoms with Crippen LogP contribution in [0.4, 0.5) is 0 Å². The third kappa shape index (κ3) is 5.45. The molecule has 0 heterocycles. The predicted octanol–water partition coefficient (Wildman–Crippen LogP) is -0.427. The van der Waals surface area contributed by atoms with Gasteiger partial charge in [-0.1, -0.05) is 13.8 Å². The van der Waals surface area contributed by atoms with Crippen LogP contribution in [0.5, 0.6) is 0 Å². The highest BCUT2D eigenvalue weighted by molar-refractivity contribution is 6.38. The lowest BCUT2D eigenvalue weighted by Gasteiger charge is -2.01. The quantitative estimate of drug-likeness (QED) is 0.541. The van der Waals surface area contributed by atoms with Crippen LogP contribution in [0.2, 0.25) is 0 Å². The molecule has 2 N–H and O–H groups in total. The molecule has 0 atom stereocenters. The van der Waals surface area contributed by atoms with Crippen molar-refractivity contribution in [2.75, 3.05) is 0 Å². The van der Waals surface area contributed by atoms with Crippen LogP contribution in [0.3, 0.4) is 0 Å².